The van der Waals surface area contributed by atoms with Gasteiger partial charge in [0.15, 0.2) is 7.14 Å². The van der Waals surface area contributed by atoms with Crippen LogP contribution in [0.1, 0.15) is 19.8 Å². The minimum absolute atomic E-state index is 0.0972. The fourth-order valence-electron chi connectivity index (χ4n) is 3.21. The topological polar surface area (TPSA) is 63.6 Å². The Morgan fingerprint density at radius 2 is 1.31 bits per heavy atom. The summed E-state index contributed by atoms with van der Waals surface area (Å²) >= 11 is 0. The van der Waals surface area contributed by atoms with Gasteiger partial charge in [0, 0.05) is 10.6 Å². The Morgan fingerprint density at radius 1 is 0.793 bits per heavy atom. The predicted octanol–water partition coefficient (Wildman–Crippen LogP) is 5.08. The first-order chi connectivity index (χ1) is 14.0. The van der Waals surface area contributed by atoms with Crippen molar-refractivity contribution in [2.24, 2.45) is 0 Å². The second-order valence-electron chi connectivity index (χ2n) is 6.90. The molecule has 6 heteroatoms. The number of aromatic hydroxyl groups is 1. The van der Waals surface area contributed by atoms with Crippen LogP contribution >= 0.6 is 14.5 Å². The third-order valence-corrected chi connectivity index (χ3v) is 11.8. The standard InChI is InChI=1S/C23H26O4P2/c1-2-3-18-27-29(26,23-17-11-10-16-22(23)24)19-28(25,20-12-6-4-7-13-20)21-14-8-5-9-15-21/h4-17,24H,2-3,18-19H2,1H3. The van der Waals surface area contributed by atoms with Crippen molar-refractivity contribution in [2.75, 3.05) is 12.5 Å². The normalized spacial score (nSPS) is 13.7. The Balaban J connectivity index is 2.13. The number of rotatable bonds is 9. The molecule has 3 rings (SSSR count). The molecule has 0 spiro atoms. The van der Waals surface area contributed by atoms with E-state index in [0.717, 1.165) is 12.8 Å². The van der Waals surface area contributed by atoms with Gasteiger partial charge in [-0.3, -0.25) is 4.57 Å². The Labute approximate surface area is 172 Å². The van der Waals surface area contributed by atoms with E-state index in [2.05, 4.69) is 0 Å². The highest BCUT2D eigenvalue weighted by atomic mass is 31.2. The molecular formula is C23H26O4P2. The molecule has 0 radical (unpaired) electrons. The van der Waals surface area contributed by atoms with Crippen molar-refractivity contribution in [1.29, 1.82) is 0 Å². The van der Waals surface area contributed by atoms with Crippen LogP contribution in [0.25, 0.3) is 0 Å². The van der Waals surface area contributed by atoms with E-state index in [9.17, 15) is 14.2 Å². The second-order valence-corrected chi connectivity index (χ2v) is 12.6. The molecule has 3 aromatic carbocycles. The molecule has 0 saturated carbocycles. The van der Waals surface area contributed by atoms with E-state index in [1.165, 1.54) is 6.07 Å². The van der Waals surface area contributed by atoms with Crippen LogP contribution in [0.3, 0.4) is 0 Å². The van der Waals surface area contributed by atoms with Gasteiger partial charge in [-0.1, -0.05) is 86.1 Å². The van der Waals surface area contributed by atoms with Gasteiger partial charge >= 0.3 is 0 Å². The highest BCUT2D eigenvalue weighted by Gasteiger charge is 2.40. The zero-order chi connectivity index (χ0) is 20.7. The van der Waals surface area contributed by atoms with Crippen molar-refractivity contribution in [3.8, 4) is 5.75 Å². The fraction of sp³-hybridized carbons (Fsp3) is 0.217. The van der Waals surface area contributed by atoms with Crippen LogP contribution in [-0.4, -0.2) is 17.6 Å². The van der Waals surface area contributed by atoms with Crippen LogP contribution in [0.2, 0.25) is 0 Å². The van der Waals surface area contributed by atoms with E-state index in [1.807, 2.05) is 43.3 Å². The Kier molecular flexibility index (Phi) is 7.14. The van der Waals surface area contributed by atoms with Crippen LogP contribution in [-0.2, 0) is 13.7 Å². The fourth-order valence-corrected chi connectivity index (χ4v) is 10.5. The molecule has 0 fully saturated rings. The quantitative estimate of drug-likeness (QED) is 0.381. The van der Waals surface area contributed by atoms with Crippen molar-refractivity contribution in [3.63, 3.8) is 0 Å². The molecule has 0 aliphatic carbocycles. The summed E-state index contributed by atoms with van der Waals surface area (Å²) in [5, 5.41) is 11.9. The molecule has 0 aromatic heterocycles. The summed E-state index contributed by atoms with van der Waals surface area (Å²) in [5.41, 5.74) is 0. The summed E-state index contributed by atoms with van der Waals surface area (Å²) < 4.78 is 34.4. The summed E-state index contributed by atoms with van der Waals surface area (Å²) in [7, 11) is -6.88. The lowest BCUT2D eigenvalue weighted by Gasteiger charge is -2.26. The number of unbranched alkanes of at least 4 members (excludes halogenated alkanes) is 1. The maximum Gasteiger partial charge on any atom is 0.243 e. The molecule has 0 saturated heterocycles. The summed E-state index contributed by atoms with van der Waals surface area (Å²) in [4.78, 5) is 0. The SMILES string of the molecule is CCCCOP(=O)(CP(=O)(c1ccccc1)c1ccccc1)c1ccccc1O. The number of hydrogen-bond acceptors (Lipinski definition) is 4. The van der Waals surface area contributed by atoms with Crippen LogP contribution in [0.4, 0.5) is 0 Å². The molecule has 1 unspecified atom stereocenters. The molecule has 0 amide bonds. The molecule has 0 aliphatic rings. The van der Waals surface area contributed by atoms with E-state index in [4.69, 9.17) is 4.52 Å². The van der Waals surface area contributed by atoms with Gasteiger partial charge in [0.2, 0.25) is 7.37 Å². The third kappa shape index (κ3) is 4.90. The molecule has 152 valence electrons. The van der Waals surface area contributed by atoms with Crippen molar-refractivity contribution in [2.45, 2.75) is 19.8 Å². The van der Waals surface area contributed by atoms with E-state index >= 15 is 0 Å². The first kappa shape index (κ1) is 21.6. The monoisotopic (exact) mass is 428 g/mol. The minimum atomic E-state index is -3.60. The van der Waals surface area contributed by atoms with Crippen molar-refractivity contribution in [3.05, 3.63) is 84.9 Å². The van der Waals surface area contributed by atoms with Gasteiger partial charge in [-0.25, -0.2) is 0 Å². The van der Waals surface area contributed by atoms with Crippen LogP contribution < -0.4 is 15.9 Å². The van der Waals surface area contributed by atoms with E-state index in [0.29, 0.717) is 10.6 Å². The molecule has 29 heavy (non-hydrogen) atoms. The first-order valence-corrected chi connectivity index (χ1v) is 13.4. The average molecular weight is 428 g/mol. The lowest BCUT2D eigenvalue weighted by molar-refractivity contribution is 0.314. The molecule has 0 aliphatic heterocycles. The number of hydrogen-bond donors (Lipinski definition) is 1. The highest BCUT2D eigenvalue weighted by Crippen LogP contribution is 2.61. The Hall–Kier alpha value is -2.12. The maximum atomic E-state index is 14.4. The van der Waals surface area contributed by atoms with Gasteiger partial charge in [-0.05, 0) is 18.6 Å². The zero-order valence-corrected chi connectivity index (χ0v) is 18.3. The summed E-state index contributed by atoms with van der Waals surface area (Å²) in [6.07, 6.45) is 1.62. The lowest BCUT2D eigenvalue weighted by Crippen LogP contribution is -2.22. The third-order valence-electron chi connectivity index (χ3n) is 4.78. The number of benzene rings is 3. The Bertz CT molecular complexity index is 976. The second kappa shape index (κ2) is 9.59. The highest BCUT2D eigenvalue weighted by molar-refractivity contribution is 7.89. The van der Waals surface area contributed by atoms with E-state index < -0.39 is 14.5 Å². The predicted molar refractivity (Wildman–Crippen MR) is 121 cm³/mol. The average Bonchev–Trinajstić information content (AvgIpc) is 2.75. The first-order valence-electron chi connectivity index (χ1n) is 9.72. The van der Waals surface area contributed by atoms with E-state index in [1.54, 1.807) is 42.5 Å². The van der Waals surface area contributed by atoms with Crippen LogP contribution in [0.5, 0.6) is 5.75 Å². The minimum Gasteiger partial charge on any atom is -0.507 e. The van der Waals surface area contributed by atoms with Crippen molar-refractivity contribution < 1.29 is 18.8 Å². The molecule has 1 N–H and O–H groups in total. The molecule has 3 aromatic rings. The zero-order valence-electron chi connectivity index (χ0n) is 16.5. The largest absolute Gasteiger partial charge is 0.507 e. The van der Waals surface area contributed by atoms with Crippen molar-refractivity contribution >= 4 is 30.4 Å². The Morgan fingerprint density at radius 3 is 1.83 bits per heavy atom. The smallest absolute Gasteiger partial charge is 0.243 e. The molecule has 4 nitrogen and oxygen atoms in total. The summed E-state index contributed by atoms with van der Waals surface area (Å²) in [6, 6.07) is 24.7. The molecular weight excluding hydrogens is 402 g/mol. The molecule has 0 heterocycles. The maximum absolute atomic E-state index is 14.4. The van der Waals surface area contributed by atoms with Crippen LogP contribution in [0, 0.1) is 0 Å². The van der Waals surface area contributed by atoms with Gasteiger partial charge in [0.05, 0.1) is 17.8 Å². The van der Waals surface area contributed by atoms with Crippen molar-refractivity contribution in [1.82, 2.24) is 0 Å². The summed E-state index contributed by atoms with van der Waals surface area (Å²) in [6.45, 7) is 2.30. The van der Waals surface area contributed by atoms with Crippen LogP contribution in [0.15, 0.2) is 84.9 Å². The van der Waals surface area contributed by atoms with Gasteiger partial charge < -0.3 is 14.2 Å². The number of phenols is 1. The van der Waals surface area contributed by atoms with Gasteiger partial charge in [0.25, 0.3) is 0 Å². The molecule has 0 bridgehead atoms. The van der Waals surface area contributed by atoms with E-state index in [-0.39, 0.29) is 23.6 Å². The van der Waals surface area contributed by atoms with Gasteiger partial charge in [-0.2, -0.15) is 0 Å². The number of phenolic OH excluding ortho intramolecular Hbond substituents is 1. The van der Waals surface area contributed by atoms with Gasteiger partial charge in [-0.15, -0.1) is 0 Å². The lowest BCUT2D eigenvalue weighted by atomic mass is 10.3. The van der Waals surface area contributed by atoms with Gasteiger partial charge in [0.1, 0.15) is 5.75 Å². The summed E-state index contributed by atoms with van der Waals surface area (Å²) in [5.74, 6) is -0.269. The molecule has 1 atom stereocenters. The number of para-hydroxylation sites is 1.